The molecule has 2 aromatic rings. The number of nitrogens with zero attached hydrogens (tertiary/aromatic N) is 3. The summed E-state index contributed by atoms with van der Waals surface area (Å²) in [6.07, 6.45) is 4.90. The second-order valence-corrected chi connectivity index (χ2v) is 9.97. The number of hydrogen-bond acceptors (Lipinski definition) is 6. The molecule has 0 saturated carbocycles. The number of piperidine rings is 2. The molecule has 0 aliphatic carbocycles. The maximum Gasteiger partial charge on any atom is 0.338 e. The fraction of sp³-hybridized carbons (Fsp3) is 0.542. The molecule has 31 heavy (non-hydrogen) atoms. The van der Waals surface area contributed by atoms with E-state index in [1.54, 1.807) is 0 Å². The van der Waals surface area contributed by atoms with Gasteiger partial charge in [0.15, 0.2) is 0 Å². The van der Waals surface area contributed by atoms with E-state index >= 15 is 0 Å². The van der Waals surface area contributed by atoms with Crippen LogP contribution in [0.5, 0.6) is 0 Å². The largest absolute Gasteiger partial charge is 0.457 e. The summed E-state index contributed by atoms with van der Waals surface area (Å²) in [7, 11) is 0. The molecule has 0 atom stereocenters. The van der Waals surface area contributed by atoms with E-state index in [2.05, 4.69) is 22.3 Å². The Hall–Kier alpha value is -2.25. The molecule has 1 aromatic carbocycles. The summed E-state index contributed by atoms with van der Waals surface area (Å²) in [6, 6.07) is 6.02. The molecule has 0 N–H and O–H groups in total. The van der Waals surface area contributed by atoms with Crippen LogP contribution in [0.25, 0.3) is 0 Å². The molecule has 3 aliphatic heterocycles. The van der Waals surface area contributed by atoms with E-state index in [1.807, 2.05) is 24.0 Å². The number of anilines is 1. The van der Waals surface area contributed by atoms with Gasteiger partial charge >= 0.3 is 5.97 Å². The number of hydrogen-bond donors (Lipinski definition) is 0. The van der Waals surface area contributed by atoms with Crippen molar-refractivity contribution in [1.82, 2.24) is 9.27 Å². The van der Waals surface area contributed by atoms with Gasteiger partial charge in [0.05, 0.1) is 16.7 Å². The van der Waals surface area contributed by atoms with Gasteiger partial charge in [-0.15, -0.1) is 0 Å². The molecule has 0 unspecified atom stereocenters. The second-order valence-electron chi connectivity index (χ2n) is 9.19. The molecule has 5 rings (SSSR count). The Kier molecular flexibility index (Phi) is 5.34. The van der Waals surface area contributed by atoms with E-state index in [1.165, 1.54) is 22.7 Å². The third kappa shape index (κ3) is 3.68. The summed E-state index contributed by atoms with van der Waals surface area (Å²) < 4.78 is 9.55. The Balaban J connectivity index is 1.21. The number of benzene rings is 1. The SMILES string of the molecule is Cc1cc(N2CCCC3(CCN(CCc4ccc5c(c4C)COC5=O)CC3)C2=O)sn1. The monoisotopic (exact) mass is 439 g/mol. The van der Waals surface area contributed by atoms with E-state index in [-0.39, 0.29) is 11.4 Å². The van der Waals surface area contributed by atoms with E-state index in [0.717, 1.165) is 80.1 Å². The molecular weight excluding hydrogens is 410 g/mol. The Labute approximate surface area is 187 Å². The molecule has 2 fully saturated rings. The molecule has 2 saturated heterocycles. The lowest BCUT2D eigenvalue weighted by Crippen LogP contribution is -2.53. The first-order valence-corrected chi connectivity index (χ1v) is 12.0. The van der Waals surface area contributed by atoms with Crippen LogP contribution in [0.2, 0.25) is 0 Å². The molecule has 1 aromatic heterocycles. The molecule has 0 bridgehead atoms. The fourth-order valence-electron chi connectivity index (χ4n) is 5.37. The highest BCUT2D eigenvalue weighted by molar-refractivity contribution is 7.10. The Morgan fingerprint density at radius 3 is 2.68 bits per heavy atom. The lowest BCUT2D eigenvalue weighted by atomic mass is 9.71. The standard InChI is InChI=1S/C24H29N3O3S/c1-16-14-21(31-25-16)27-10-3-7-24(23(27)29)8-12-26(13-9-24)11-6-18-4-5-19-20(17(18)2)15-30-22(19)28/h4-5,14H,3,6-13,15H2,1-2H3. The molecule has 4 heterocycles. The highest BCUT2D eigenvalue weighted by Crippen LogP contribution is 2.43. The first-order valence-electron chi connectivity index (χ1n) is 11.2. The number of fused-ring (bicyclic) bond motifs is 1. The first-order chi connectivity index (χ1) is 15.0. The van der Waals surface area contributed by atoms with Crippen LogP contribution in [0, 0.1) is 19.3 Å². The fourth-order valence-corrected chi connectivity index (χ4v) is 6.16. The number of aromatic nitrogens is 1. The minimum absolute atomic E-state index is 0.201. The lowest BCUT2D eigenvalue weighted by molar-refractivity contribution is -0.133. The van der Waals surface area contributed by atoms with Crippen LogP contribution in [0.15, 0.2) is 18.2 Å². The summed E-state index contributed by atoms with van der Waals surface area (Å²) >= 11 is 1.44. The van der Waals surface area contributed by atoms with Gasteiger partial charge in [0.2, 0.25) is 5.91 Å². The number of likely N-dealkylation sites (tertiary alicyclic amines) is 1. The smallest absolute Gasteiger partial charge is 0.338 e. The molecule has 1 amide bonds. The van der Waals surface area contributed by atoms with Crippen molar-refractivity contribution < 1.29 is 14.3 Å². The highest BCUT2D eigenvalue weighted by atomic mass is 32.1. The quantitative estimate of drug-likeness (QED) is 0.677. The van der Waals surface area contributed by atoms with Gasteiger partial charge in [-0.25, -0.2) is 4.79 Å². The minimum atomic E-state index is -0.203. The molecule has 3 aliphatic rings. The van der Waals surface area contributed by atoms with Gasteiger partial charge in [-0.1, -0.05) is 6.07 Å². The van der Waals surface area contributed by atoms with Crippen LogP contribution < -0.4 is 4.90 Å². The van der Waals surface area contributed by atoms with Crippen molar-refractivity contribution in [2.45, 2.75) is 52.6 Å². The topological polar surface area (TPSA) is 62.7 Å². The summed E-state index contributed by atoms with van der Waals surface area (Å²) in [5.74, 6) is 0.104. The number of carbonyl (C=O) groups excluding carboxylic acids is 2. The number of ether oxygens (including phenoxy) is 1. The van der Waals surface area contributed by atoms with Gasteiger partial charge in [-0.3, -0.25) is 4.79 Å². The van der Waals surface area contributed by atoms with Gasteiger partial charge in [0.1, 0.15) is 11.6 Å². The number of cyclic esters (lactones) is 1. The van der Waals surface area contributed by atoms with Crippen molar-refractivity contribution in [2.75, 3.05) is 31.1 Å². The zero-order valence-corrected chi connectivity index (χ0v) is 19.1. The van der Waals surface area contributed by atoms with Crippen molar-refractivity contribution >= 4 is 28.4 Å². The van der Waals surface area contributed by atoms with Crippen LogP contribution in [0.3, 0.4) is 0 Å². The van der Waals surface area contributed by atoms with Crippen LogP contribution in [-0.2, 0) is 22.6 Å². The molecule has 0 radical (unpaired) electrons. The van der Waals surface area contributed by atoms with Gasteiger partial charge in [0, 0.05) is 18.7 Å². The summed E-state index contributed by atoms with van der Waals surface area (Å²) in [4.78, 5) is 29.7. The Morgan fingerprint density at radius 2 is 1.94 bits per heavy atom. The van der Waals surface area contributed by atoms with Crippen molar-refractivity contribution in [2.24, 2.45) is 5.41 Å². The number of aryl methyl sites for hydroxylation is 1. The van der Waals surface area contributed by atoms with Gasteiger partial charge in [-0.05, 0) is 93.8 Å². The Morgan fingerprint density at radius 1 is 1.13 bits per heavy atom. The van der Waals surface area contributed by atoms with Crippen LogP contribution in [-0.4, -0.2) is 47.3 Å². The van der Waals surface area contributed by atoms with E-state index in [4.69, 9.17) is 4.74 Å². The normalized spacial score (nSPS) is 20.9. The summed E-state index contributed by atoms with van der Waals surface area (Å²) in [5.41, 5.74) is 5.03. The van der Waals surface area contributed by atoms with Crippen molar-refractivity contribution in [3.63, 3.8) is 0 Å². The zero-order chi connectivity index (χ0) is 21.6. The highest BCUT2D eigenvalue weighted by Gasteiger charge is 2.46. The third-order valence-corrected chi connectivity index (χ3v) is 8.31. The number of esters is 1. The average molecular weight is 440 g/mol. The maximum atomic E-state index is 13.4. The van der Waals surface area contributed by atoms with Gasteiger partial charge in [-0.2, -0.15) is 4.37 Å². The summed E-state index contributed by atoms with van der Waals surface area (Å²) in [6.45, 7) is 8.21. The molecule has 1 spiro atoms. The predicted molar refractivity (Wildman–Crippen MR) is 121 cm³/mol. The maximum absolute atomic E-state index is 13.4. The summed E-state index contributed by atoms with van der Waals surface area (Å²) in [5, 5.41) is 0.999. The lowest BCUT2D eigenvalue weighted by Gasteiger charge is -2.46. The van der Waals surface area contributed by atoms with Gasteiger partial charge < -0.3 is 14.5 Å². The second kappa shape index (κ2) is 8.02. The van der Waals surface area contributed by atoms with Crippen LogP contribution in [0.1, 0.15) is 58.4 Å². The number of amides is 1. The van der Waals surface area contributed by atoms with Crippen molar-refractivity contribution in [1.29, 1.82) is 0 Å². The molecule has 7 heteroatoms. The van der Waals surface area contributed by atoms with Crippen molar-refractivity contribution in [3.8, 4) is 0 Å². The average Bonchev–Trinajstić information content (AvgIpc) is 3.37. The molecule has 164 valence electrons. The third-order valence-electron chi connectivity index (χ3n) is 7.41. The molecular formula is C24H29N3O3S. The van der Waals surface area contributed by atoms with Crippen molar-refractivity contribution in [3.05, 3.63) is 46.1 Å². The predicted octanol–water partition coefficient (Wildman–Crippen LogP) is 3.88. The van der Waals surface area contributed by atoms with E-state index < -0.39 is 0 Å². The Bertz CT molecular complexity index is 1020. The number of carbonyl (C=O) groups is 2. The van der Waals surface area contributed by atoms with E-state index in [9.17, 15) is 9.59 Å². The number of rotatable bonds is 4. The van der Waals surface area contributed by atoms with E-state index in [0.29, 0.717) is 12.5 Å². The minimum Gasteiger partial charge on any atom is -0.457 e. The first kappa shape index (κ1) is 20.6. The van der Waals surface area contributed by atoms with Crippen LogP contribution >= 0.6 is 11.5 Å². The molecule has 6 nitrogen and oxygen atoms in total. The van der Waals surface area contributed by atoms with Gasteiger partial charge in [0.25, 0.3) is 0 Å². The zero-order valence-electron chi connectivity index (χ0n) is 18.3. The van der Waals surface area contributed by atoms with Crippen LogP contribution in [0.4, 0.5) is 5.00 Å².